The molecule has 5 atom stereocenters. The summed E-state index contributed by atoms with van der Waals surface area (Å²) < 4.78 is 0. The summed E-state index contributed by atoms with van der Waals surface area (Å²) in [5, 5.41) is 3.33. The maximum atomic E-state index is 3.33. The third kappa shape index (κ3) is 1.32. The van der Waals surface area contributed by atoms with Crippen molar-refractivity contribution in [3.05, 3.63) is 0 Å². The Morgan fingerprint density at radius 3 is 2.62 bits per heavy atom. The molecule has 0 radical (unpaired) electrons. The van der Waals surface area contributed by atoms with Crippen LogP contribution in [0.15, 0.2) is 0 Å². The first-order valence-corrected chi connectivity index (χ1v) is 6.03. The van der Waals surface area contributed by atoms with Crippen molar-refractivity contribution in [1.29, 1.82) is 0 Å². The lowest BCUT2D eigenvalue weighted by Gasteiger charge is -2.21. The van der Waals surface area contributed by atoms with Gasteiger partial charge in [-0.25, -0.2) is 0 Å². The molecule has 3 aliphatic rings. The van der Waals surface area contributed by atoms with E-state index in [2.05, 4.69) is 12.4 Å². The Balaban J connectivity index is 1.57. The van der Waals surface area contributed by atoms with Crippen LogP contribution in [0, 0.1) is 29.6 Å². The molecule has 0 amide bonds. The van der Waals surface area contributed by atoms with Gasteiger partial charge in [0, 0.05) is 0 Å². The number of hydrogen-bond acceptors (Lipinski definition) is 1. The molecule has 13 heavy (non-hydrogen) atoms. The zero-order valence-corrected chi connectivity index (χ0v) is 8.63. The number of rotatable bonds is 3. The highest BCUT2D eigenvalue weighted by Crippen LogP contribution is 2.58. The summed E-state index contributed by atoms with van der Waals surface area (Å²) >= 11 is 0. The van der Waals surface area contributed by atoms with E-state index in [0.717, 1.165) is 29.6 Å². The van der Waals surface area contributed by atoms with Gasteiger partial charge in [-0.05, 0) is 68.9 Å². The highest BCUT2D eigenvalue weighted by Gasteiger charge is 2.50. The Hall–Kier alpha value is -0.0400. The first-order valence-electron chi connectivity index (χ1n) is 6.03. The van der Waals surface area contributed by atoms with Gasteiger partial charge < -0.3 is 5.32 Å². The van der Waals surface area contributed by atoms with Gasteiger partial charge in [-0.2, -0.15) is 0 Å². The second-order valence-corrected chi connectivity index (χ2v) is 5.56. The van der Waals surface area contributed by atoms with Crippen LogP contribution in [-0.4, -0.2) is 13.6 Å². The minimum Gasteiger partial charge on any atom is -0.319 e. The van der Waals surface area contributed by atoms with Gasteiger partial charge in [-0.15, -0.1) is 0 Å². The van der Waals surface area contributed by atoms with Gasteiger partial charge in [0.1, 0.15) is 0 Å². The van der Waals surface area contributed by atoms with Crippen LogP contribution < -0.4 is 5.32 Å². The minimum absolute atomic E-state index is 1.05. The van der Waals surface area contributed by atoms with Crippen LogP contribution in [0.5, 0.6) is 0 Å². The molecule has 3 fully saturated rings. The van der Waals surface area contributed by atoms with Crippen LogP contribution >= 0.6 is 0 Å². The Kier molecular flexibility index (Phi) is 1.90. The summed E-state index contributed by atoms with van der Waals surface area (Å²) in [5.41, 5.74) is 0. The normalized spacial score (nSPS) is 52.8. The van der Waals surface area contributed by atoms with Crippen molar-refractivity contribution < 1.29 is 0 Å². The number of nitrogens with one attached hydrogen (secondary N) is 1. The first-order chi connectivity index (χ1) is 6.38. The second-order valence-electron chi connectivity index (χ2n) is 5.56. The maximum Gasteiger partial charge on any atom is -0.00207 e. The van der Waals surface area contributed by atoms with Crippen molar-refractivity contribution in [1.82, 2.24) is 5.32 Å². The summed E-state index contributed by atoms with van der Waals surface area (Å²) in [6, 6.07) is 0. The molecule has 5 unspecified atom stereocenters. The highest BCUT2D eigenvalue weighted by atomic mass is 14.8. The molecule has 0 saturated heterocycles. The molecule has 0 aliphatic heterocycles. The van der Waals surface area contributed by atoms with E-state index < -0.39 is 0 Å². The molecule has 3 aliphatic carbocycles. The lowest BCUT2D eigenvalue weighted by molar-refractivity contribution is 0.285. The molecule has 3 saturated carbocycles. The smallest absolute Gasteiger partial charge is 0.00207 e. The van der Waals surface area contributed by atoms with Gasteiger partial charge in [-0.1, -0.05) is 6.42 Å². The van der Waals surface area contributed by atoms with Gasteiger partial charge in [0.15, 0.2) is 0 Å². The molecule has 0 aromatic rings. The largest absolute Gasteiger partial charge is 0.319 e. The average Bonchev–Trinajstić information content (AvgIpc) is 2.62. The molecule has 0 aromatic heterocycles. The van der Waals surface area contributed by atoms with E-state index in [0.29, 0.717) is 0 Å². The predicted octanol–water partition coefficient (Wildman–Crippen LogP) is 2.28. The topological polar surface area (TPSA) is 12.0 Å². The fourth-order valence-electron chi connectivity index (χ4n) is 4.11. The van der Waals surface area contributed by atoms with E-state index in [4.69, 9.17) is 0 Å². The SMILES string of the molecule is CNCC1CC1C1CC2CCC1C2. The van der Waals surface area contributed by atoms with E-state index >= 15 is 0 Å². The third-order valence-electron chi connectivity index (χ3n) is 4.79. The summed E-state index contributed by atoms with van der Waals surface area (Å²) in [5.74, 6) is 5.62. The zero-order chi connectivity index (χ0) is 8.84. The van der Waals surface area contributed by atoms with Crippen molar-refractivity contribution >= 4 is 0 Å². The third-order valence-corrected chi connectivity index (χ3v) is 4.79. The lowest BCUT2D eigenvalue weighted by atomic mass is 9.84. The van der Waals surface area contributed by atoms with Crippen LogP contribution in [0.2, 0.25) is 0 Å². The summed E-state index contributed by atoms with van der Waals surface area (Å²) in [4.78, 5) is 0. The van der Waals surface area contributed by atoms with Gasteiger partial charge in [0.2, 0.25) is 0 Å². The van der Waals surface area contributed by atoms with Crippen LogP contribution in [0.3, 0.4) is 0 Å². The summed E-state index contributed by atoms with van der Waals surface area (Å²) in [7, 11) is 2.09. The van der Waals surface area contributed by atoms with E-state index in [-0.39, 0.29) is 0 Å². The van der Waals surface area contributed by atoms with Crippen LogP contribution in [0.25, 0.3) is 0 Å². The van der Waals surface area contributed by atoms with Crippen molar-refractivity contribution in [3.8, 4) is 0 Å². The molecule has 1 N–H and O–H groups in total. The minimum atomic E-state index is 1.05. The van der Waals surface area contributed by atoms with Crippen molar-refractivity contribution in [3.63, 3.8) is 0 Å². The van der Waals surface area contributed by atoms with Crippen LogP contribution in [0.1, 0.15) is 32.1 Å². The summed E-state index contributed by atoms with van der Waals surface area (Å²) in [6.07, 6.45) is 7.85. The monoisotopic (exact) mass is 179 g/mol. The molecule has 0 aromatic carbocycles. The number of hydrogen-bond donors (Lipinski definition) is 1. The molecular weight excluding hydrogens is 158 g/mol. The average molecular weight is 179 g/mol. The van der Waals surface area contributed by atoms with Gasteiger partial charge in [0.05, 0.1) is 0 Å². The van der Waals surface area contributed by atoms with Crippen molar-refractivity contribution in [2.45, 2.75) is 32.1 Å². The van der Waals surface area contributed by atoms with Gasteiger partial charge >= 0.3 is 0 Å². The molecular formula is C12H21N. The highest BCUT2D eigenvalue weighted by molar-refractivity contribution is 5.01. The zero-order valence-electron chi connectivity index (χ0n) is 8.63. The molecule has 1 heteroatoms. The van der Waals surface area contributed by atoms with E-state index in [1.807, 2.05) is 0 Å². The van der Waals surface area contributed by atoms with Crippen LogP contribution in [0.4, 0.5) is 0 Å². The summed E-state index contributed by atoms with van der Waals surface area (Å²) in [6.45, 7) is 1.28. The van der Waals surface area contributed by atoms with Crippen molar-refractivity contribution in [2.24, 2.45) is 29.6 Å². The Morgan fingerprint density at radius 2 is 2.00 bits per heavy atom. The Labute approximate surface area is 81.3 Å². The predicted molar refractivity (Wildman–Crippen MR) is 54.5 cm³/mol. The fourth-order valence-corrected chi connectivity index (χ4v) is 4.11. The first kappa shape index (κ1) is 8.28. The molecule has 1 nitrogen and oxygen atoms in total. The van der Waals surface area contributed by atoms with E-state index in [1.165, 1.54) is 13.0 Å². The second kappa shape index (κ2) is 2.98. The van der Waals surface area contributed by atoms with Crippen LogP contribution in [-0.2, 0) is 0 Å². The molecule has 74 valence electrons. The van der Waals surface area contributed by atoms with E-state index in [1.54, 1.807) is 25.7 Å². The maximum absolute atomic E-state index is 3.33. The molecule has 0 spiro atoms. The van der Waals surface area contributed by atoms with Crippen molar-refractivity contribution in [2.75, 3.05) is 13.6 Å². The van der Waals surface area contributed by atoms with E-state index in [9.17, 15) is 0 Å². The lowest BCUT2D eigenvalue weighted by Crippen LogP contribution is -2.17. The van der Waals surface area contributed by atoms with Gasteiger partial charge in [0.25, 0.3) is 0 Å². The Morgan fingerprint density at radius 1 is 1.08 bits per heavy atom. The molecule has 0 heterocycles. The standard InChI is InChI=1S/C12H21N/c1-13-7-10-6-12(10)11-5-8-2-3-9(11)4-8/h8-13H,2-7H2,1H3. The molecule has 2 bridgehead atoms. The Bertz CT molecular complexity index is 201. The quantitative estimate of drug-likeness (QED) is 0.701. The molecule has 3 rings (SSSR count). The number of fused-ring (bicyclic) bond motifs is 2. The fraction of sp³-hybridized carbons (Fsp3) is 1.00. The van der Waals surface area contributed by atoms with Gasteiger partial charge in [-0.3, -0.25) is 0 Å².